The number of nitrogens with one attached hydrogen (secondary N) is 3. The van der Waals surface area contributed by atoms with Crippen molar-refractivity contribution in [2.45, 2.75) is 18.9 Å². The van der Waals surface area contributed by atoms with Crippen LogP contribution < -0.4 is 16.0 Å². The number of benzene rings is 1. The van der Waals surface area contributed by atoms with E-state index in [-0.39, 0.29) is 36.4 Å². The lowest BCUT2D eigenvalue weighted by atomic mass is 10.1. The van der Waals surface area contributed by atoms with Crippen LogP contribution in [0.4, 0.5) is 0 Å². The van der Waals surface area contributed by atoms with Crippen LogP contribution in [0.2, 0.25) is 0 Å². The maximum absolute atomic E-state index is 11.8. The fraction of sp³-hybridized carbons (Fsp3) is 0.579. The lowest BCUT2D eigenvalue weighted by Gasteiger charge is -2.28. The first-order valence-electron chi connectivity index (χ1n) is 9.23. The van der Waals surface area contributed by atoms with Gasteiger partial charge in [0.2, 0.25) is 5.91 Å². The Morgan fingerprint density at radius 3 is 2.52 bits per heavy atom. The van der Waals surface area contributed by atoms with Crippen LogP contribution in [0.1, 0.15) is 24.4 Å². The van der Waals surface area contributed by atoms with E-state index in [0.29, 0.717) is 25.2 Å². The van der Waals surface area contributed by atoms with Crippen molar-refractivity contribution in [3.8, 4) is 0 Å². The molecule has 8 heteroatoms. The van der Waals surface area contributed by atoms with Crippen LogP contribution in [0.3, 0.4) is 0 Å². The van der Waals surface area contributed by atoms with E-state index >= 15 is 0 Å². The third-order valence-corrected chi connectivity index (χ3v) is 4.50. The Balaban J connectivity index is 0.00000364. The summed E-state index contributed by atoms with van der Waals surface area (Å²) in [4.78, 5) is 18.5. The summed E-state index contributed by atoms with van der Waals surface area (Å²) in [5, 5.41) is 9.20. The standard InChI is InChI=1S/C19H31N5O2.HI/c1-20-19(23-15-18(25)21-10-13-26-2)22-14-17(24-11-6-7-12-24)16-8-4-3-5-9-16;/h3-5,8-9,17H,6-7,10-15H2,1-2H3,(H,21,25)(H2,20,22,23);1H. The summed E-state index contributed by atoms with van der Waals surface area (Å²) >= 11 is 0. The van der Waals surface area contributed by atoms with Crippen LogP contribution in [0.25, 0.3) is 0 Å². The van der Waals surface area contributed by atoms with Crippen LogP contribution in [-0.4, -0.2) is 70.3 Å². The molecule has 152 valence electrons. The topological polar surface area (TPSA) is 78.0 Å². The Labute approximate surface area is 179 Å². The third kappa shape index (κ3) is 8.44. The number of carbonyl (C=O) groups is 1. The van der Waals surface area contributed by atoms with Crippen LogP contribution in [0.5, 0.6) is 0 Å². The summed E-state index contributed by atoms with van der Waals surface area (Å²) in [6, 6.07) is 10.8. The lowest BCUT2D eigenvalue weighted by molar-refractivity contribution is -0.120. The van der Waals surface area contributed by atoms with E-state index in [1.807, 2.05) is 6.07 Å². The molecule has 7 nitrogen and oxygen atoms in total. The van der Waals surface area contributed by atoms with Crippen molar-refractivity contribution in [2.75, 3.05) is 53.5 Å². The van der Waals surface area contributed by atoms with Gasteiger partial charge in [-0.1, -0.05) is 30.3 Å². The highest BCUT2D eigenvalue weighted by molar-refractivity contribution is 14.0. The van der Waals surface area contributed by atoms with Gasteiger partial charge in [-0.3, -0.25) is 14.7 Å². The number of nitrogens with zero attached hydrogens (tertiary/aromatic N) is 2. The molecule has 0 saturated carbocycles. The number of guanidine groups is 1. The molecule has 1 aromatic carbocycles. The van der Waals surface area contributed by atoms with E-state index in [0.717, 1.165) is 19.6 Å². The number of ether oxygens (including phenoxy) is 1. The summed E-state index contributed by atoms with van der Waals surface area (Å²) in [7, 11) is 3.32. The Bertz CT molecular complexity index is 564. The Hall–Kier alpha value is -1.39. The number of rotatable bonds is 9. The molecule has 0 radical (unpaired) electrons. The zero-order chi connectivity index (χ0) is 18.6. The summed E-state index contributed by atoms with van der Waals surface area (Å²) in [5.74, 6) is 0.552. The Kier molecular flexibility index (Phi) is 12.0. The highest BCUT2D eigenvalue weighted by Crippen LogP contribution is 2.24. The molecule has 1 aliphatic heterocycles. The molecule has 1 fully saturated rings. The monoisotopic (exact) mass is 489 g/mol. The van der Waals surface area contributed by atoms with E-state index < -0.39 is 0 Å². The number of methoxy groups -OCH3 is 1. The fourth-order valence-corrected chi connectivity index (χ4v) is 3.12. The number of aliphatic imine (C=N–C) groups is 1. The van der Waals surface area contributed by atoms with Gasteiger partial charge in [-0.15, -0.1) is 24.0 Å². The summed E-state index contributed by atoms with van der Waals surface area (Å²) in [6.45, 7) is 4.18. The van der Waals surface area contributed by atoms with Gasteiger partial charge in [0.15, 0.2) is 5.96 Å². The average molecular weight is 489 g/mol. The van der Waals surface area contributed by atoms with Crippen LogP contribution in [-0.2, 0) is 9.53 Å². The van der Waals surface area contributed by atoms with Gasteiger partial charge >= 0.3 is 0 Å². The van der Waals surface area contributed by atoms with Crippen LogP contribution >= 0.6 is 24.0 Å². The van der Waals surface area contributed by atoms with Crippen molar-refractivity contribution in [3.63, 3.8) is 0 Å². The molecule has 1 heterocycles. The zero-order valence-corrected chi connectivity index (χ0v) is 18.6. The quantitative estimate of drug-likeness (QED) is 0.212. The molecule has 2 rings (SSSR count). The van der Waals surface area contributed by atoms with Gasteiger partial charge in [-0.25, -0.2) is 0 Å². The first-order chi connectivity index (χ1) is 12.7. The van der Waals surface area contributed by atoms with Crippen molar-refractivity contribution in [3.05, 3.63) is 35.9 Å². The lowest BCUT2D eigenvalue weighted by Crippen LogP contribution is -2.46. The van der Waals surface area contributed by atoms with E-state index in [9.17, 15) is 4.79 Å². The first kappa shape index (κ1) is 23.6. The maximum atomic E-state index is 11.8. The molecular weight excluding hydrogens is 457 g/mol. The molecule has 1 saturated heterocycles. The molecule has 1 atom stereocenters. The molecule has 3 N–H and O–H groups in total. The van der Waals surface area contributed by atoms with Crippen molar-refractivity contribution < 1.29 is 9.53 Å². The fourth-order valence-electron chi connectivity index (χ4n) is 3.12. The summed E-state index contributed by atoms with van der Waals surface area (Å²) < 4.78 is 4.92. The normalized spacial score (nSPS) is 15.7. The van der Waals surface area contributed by atoms with E-state index in [4.69, 9.17) is 4.74 Å². The Morgan fingerprint density at radius 2 is 1.89 bits per heavy atom. The molecule has 1 amide bonds. The van der Waals surface area contributed by atoms with Crippen molar-refractivity contribution >= 4 is 35.8 Å². The van der Waals surface area contributed by atoms with E-state index in [2.05, 4.69) is 50.1 Å². The number of hydrogen-bond donors (Lipinski definition) is 3. The number of hydrogen-bond acceptors (Lipinski definition) is 4. The molecule has 1 aliphatic rings. The second-order valence-electron chi connectivity index (χ2n) is 6.32. The van der Waals surface area contributed by atoms with Gasteiger partial charge < -0.3 is 20.7 Å². The minimum Gasteiger partial charge on any atom is -0.383 e. The average Bonchev–Trinajstić information content (AvgIpc) is 3.20. The summed E-state index contributed by atoms with van der Waals surface area (Å²) in [6.07, 6.45) is 2.50. The second-order valence-corrected chi connectivity index (χ2v) is 6.32. The maximum Gasteiger partial charge on any atom is 0.239 e. The molecular formula is C19H32IN5O2. The molecule has 1 aromatic rings. The van der Waals surface area contributed by atoms with Gasteiger partial charge in [-0.2, -0.15) is 0 Å². The number of carbonyl (C=O) groups excluding carboxylic acids is 1. The van der Waals surface area contributed by atoms with Gasteiger partial charge in [-0.05, 0) is 31.5 Å². The second kappa shape index (κ2) is 13.7. The minimum atomic E-state index is -0.0795. The van der Waals surface area contributed by atoms with E-state index in [1.54, 1.807) is 14.2 Å². The highest BCUT2D eigenvalue weighted by Gasteiger charge is 2.23. The van der Waals surface area contributed by atoms with Crippen molar-refractivity contribution in [2.24, 2.45) is 4.99 Å². The third-order valence-electron chi connectivity index (χ3n) is 4.50. The van der Waals surface area contributed by atoms with Crippen LogP contribution in [0.15, 0.2) is 35.3 Å². The smallest absolute Gasteiger partial charge is 0.239 e. The van der Waals surface area contributed by atoms with Gasteiger partial charge in [0.05, 0.1) is 19.2 Å². The van der Waals surface area contributed by atoms with Crippen LogP contribution in [0, 0.1) is 0 Å². The molecule has 0 aliphatic carbocycles. The molecule has 0 spiro atoms. The summed E-state index contributed by atoms with van der Waals surface area (Å²) in [5.41, 5.74) is 1.30. The first-order valence-corrected chi connectivity index (χ1v) is 9.23. The molecule has 27 heavy (non-hydrogen) atoms. The molecule has 1 unspecified atom stereocenters. The van der Waals surface area contributed by atoms with E-state index in [1.165, 1.54) is 18.4 Å². The minimum absolute atomic E-state index is 0. The SMILES string of the molecule is CN=C(NCC(=O)NCCOC)NCC(c1ccccc1)N1CCCC1.I. The molecule has 0 aromatic heterocycles. The van der Waals surface area contributed by atoms with Gasteiger partial charge in [0.1, 0.15) is 0 Å². The largest absolute Gasteiger partial charge is 0.383 e. The molecule has 0 bridgehead atoms. The van der Waals surface area contributed by atoms with Crippen molar-refractivity contribution in [1.82, 2.24) is 20.9 Å². The number of likely N-dealkylation sites (tertiary alicyclic amines) is 1. The van der Waals surface area contributed by atoms with Crippen molar-refractivity contribution in [1.29, 1.82) is 0 Å². The number of halogens is 1. The predicted molar refractivity (Wildman–Crippen MR) is 120 cm³/mol. The highest BCUT2D eigenvalue weighted by atomic mass is 127. The van der Waals surface area contributed by atoms with Gasteiger partial charge in [0.25, 0.3) is 0 Å². The number of amides is 1. The predicted octanol–water partition coefficient (Wildman–Crippen LogP) is 1.37. The Morgan fingerprint density at radius 1 is 1.19 bits per heavy atom. The van der Waals surface area contributed by atoms with Gasteiger partial charge in [0, 0.05) is 27.2 Å². The zero-order valence-electron chi connectivity index (χ0n) is 16.2.